The van der Waals surface area contributed by atoms with E-state index in [1.54, 1.807) is 52.8 Å². The van der Waals surface area contributed by atoms with Gasteiger partial charge in [0.1, 0.15) is 28.9 Å². The summed E-state index contributed by atoms with van der Waals surface area (Å²) in [6.07, 6.45) is 0. The van der Waals surface area contributed by atoms with E-state index in [1.807, 2.05) is 50.4 Å². The topological polar surface area (TPSA) is 161 Å². The van der Waals surface area contributed by atoms with Gasteiger partial charge in [0, 0.05) is 0 Å². The number of rotatable bonds is 4. The molecule has 0 spiro atoms. The fraction of sp³-hybridized carbons (Fsp3) is 0.400. The van der Waals surface area contributed by atoms with Crippen LogP contribution < -0.4 is 77.8 Å². The average molecular weight is 1400 g/mol. The van der Waals surface area contributed by atoms with Crippen LogP contribution in [0.2, 0.25) is 0 Å². The summed E-state index contributed by atoms with van der Waals surface area (Å²) < 4.78 is 198. The third-order valence-electron chi connectivity index (χ3n) is 8.08. The monoisotopic (exact) mass is 1400 g/mol. The molecule has 0 saturated heterocycles. The molecule has 2 N–H and O–H groups in total. The van der Waals surface area contributed by atoms with Crippen molar-refractivity contribution in [1.29, 1.82) is 0 Å². The first-order valence-corrected chi connectivity index (χ1v) is 24.6. The molecule has 10 nitrogen and oxygen atoms in total. The van der Waals surface area contributed by atoms with Gasteiger partial charge in [-0.3, -0.25) is 0 Å². The zero-order valence-electron chi connectivity index (χ0n) is 37.8. The van der Waals surface area contributed by atoms with Gasteiger partial charge in [0.2, 0.25) is 0 Å². The second-order valence-corrected chi connectivity index (χ2v) is 24.9. The third kappa shape index (κ3) is 28.5. The van der Waals surface area contributed by atoms with Crippen LogP contribution in [-0.4, -0.2) is 55.2 Å². The smallest absolute Gasteiger partial charge is 1.00 e. The van der Waals surface area contributed by atoms with Gasteiger partial charge in [-0.25, -0.2) is 8.78 Å². The maximum Gasteiger partial charge on any atom is 1.00 e. The van der Waals surface area contributed by atoms with Crippen LogP contribution in [-0.2, 0) is 34.0 Å². The van der Waals surface area contributed by atoms with Crippen LogP contribution in [0.5, 0.6) is 17.2 Å². The van der Waals surface area contributed by atoms with Crippen molar-refractivity contribution in [2.75, 3.05) is 0 Å². The van der Waals surface area contributed by atoms with Crippen molar-refractivity contribution in [1.82, 2.24) is 0 Å². The molecule has 4 rings (SSSR count). The zero-order chi connectivity index (χ0) is 52.9. The third-order valence-corrected chi connectivity index (χ3v) is 11.6. The molecule has 4 aromatic carbocycles. The van der Waals surface area contributed by atoms with Crippen molar-refractivity contribution >= 4 is 80.8 Å². The molecule has 0 fully saturated rings. The Kier molecular flexibility index (Phi) is 37.8. The van der Waals surface area contributed by atoms with Gasteiger partial charge in [-0.1, -0.05) is 33.1 Å². The van der Waals surface area contributed by atoms with Crippen molar-refractivity contribution in [2.24, 2.45) is 0 Å². The van der Waals surface area contributed by atoms with Crippen molar-refractivity contribution < 1.29 is 165 Å². The molecule has 4 aromatic rings. The summed E-state index contributed by atoms with van der Waals surface area (Å²) in [6.45, 7) is 19.8. The van der Waals surface area contributed by atoms with Crippen LogP contribution in [0.25, 0.3) is 0 Å². The first-order valence-electron chi connectivity index (χ1n) is 17.6. The summed E-state index contributed by atoms with van der Waals surface area (Å²) in [5.41, 5.74) is -8.84. The van der Waals surface area contributed by atoms with Crippen LogP contribution in [0.4, 0.5) is 48.3 Å². The van der Waals surface area contributed by atoms with Gasteiger partial charge in [-0.2, -0.15) is 64.8 Å². The van der Waals surface area contributed by atoms with Crippen molar-refractivity contribution in [2.45, 2.75) is 108 Å². The quantitative estimate of drug-likeness (QED) is 0.0883. The minimum atomic E-state index is -6.85. The van der Waals surface area contributed by atoms with E-state index in [-0.39, 0.29) is 115 Å². The number of phenolic OH excluding ortho intramolecular Hbond substituents is 2. The second-order valence-electron chi connectivity index (χ2n) is 13.6. The molecule has 0 radical (unpaired) electrons. The van der Waals surface area contributed by atoms with Crippen molar-refractivity contribution in [3.63, 3.8) is 0 Å². The van der Waals surface area contributed by atoms with Gasteiger partial charge in [0.25, 0.3) is 0 Å². The summed E-state index contributed by atoms with van der Waals surface area (Å²) >= 11 is 9.31. The minimum absolute atomic E-state index is 0. The van der Waals surface area contributed by atoms with Crippen molar-refractivity contribution in [3.05, 3.63) is 121 Å². The SMILES string of the molecule is BrB(Br)Br.C.C.Cc1cc(C)c(F)cc1C.Cc1cc(C)c(O)cc1C.Cc1cc(C)c(OS(=O)(=O)C(F)(F)F)cc1C.Cc1cc(F)c(C)cc1O.O=S(=O)(OS(=O)(=O)C(F)(F)F)C(F)(F)F.[Cs+].[F-]. The summed E-state index contributed by atoms with van der Waals surface area (Å²) in [6, 6.07) is 12.8. The van der Waals surface area contributed by atoms with Crippen molar-refractivity contribution in [3.8, 4) is 17.2 Å². The summed E-state index contributed by atoms with van der Waals surface area (Å²) in [4.78, 5) is 0. The van der Waals surface area contributed by atoms with Crippen LogP contribution >= 0.6 is 47.3 Å². The summed E-state index contributed by atoms with van der Waals surface area (Å²) in [7, 11) is -19.3. The molecule has 0 saturated carbocycles. The molecule has 70 heavy (non-hydrogen) atoms. The van der Waals surface area contributed by atoms with E-state index >= 15 is 0 Å². The number of halogens is 15. The Hall–Kier alpha value is -1.19. The first kappa shape index (κ1) is 80.2. The molecular formula is C40H51BBr3CsF12O10S3. The maximum absolute atomic E-state index is 12.8. The number of benzene rings is 4. The molecule has 0 aliphatic heterocycles. The van der Waals surface area contributed by atoms with Crippen LogP contribution in [0.1, 0.15) is 76.1 Å². The number of alkyl halides is 9. The number of aryl methyl sites for hydroxylation is 11. The molecule has 0 aliphatic rings. The molecule has 0 amide bonds. The van der Waals surface area contributed by atoms with E-state index in [2.05, 4.69) is 51.5 Å². The normalized spacial score (nSPS) is 11.0. The van der Waals surface area contributed by atoms with Crippen LogP contribution in [0.3, 0.4) is 0 Å². The van der Waals surface area contributed by atoms with Gasteiger partial charge in [-0.05, 0) is 168 Å². The Morgan fingerprint density at radius 1 is 0.429 bits per heavy atom. The summed E-state index contributed by atoms with van der Waals surface area (Å²) in [5, 5.41) is 18.3. The fourth-order valence-corrected chi connectivity index (χ4v) is 6.09. The van der Waals surface area contributed by atoms with E-state index in [4.69, 9.17) is 5.11 Å². The predicted octanol–water partition coefficient (Wildman–Crippen LogP) is 8.20. The fourth-order valence-electron chi connectivity index (χ4n) is 4.02. The Balaban J connectivity index is -0.000000179. The van der Waals surface area contributed by atoms with Gasteiger partial charge in [-0.15, -0.1) is 50.9 Å². The molecule has 0 unspecified atom stereocenters. The zero-order valence-corrected chi connectivity index (χ0v) is 51.2. The minimum Gasteiger partial charge on any atom is -1.00 e. The molecule has 0 bridgehead atoms. The Morgan fingerprint density at radius 2 is 0.657 bits per heavy atom. The van der Waals surface area contributed by atoms with E-state index in [9.17, 15) is 78.7 Å². The average Bonchev–Trinajstić information content (AvgIpc) is 3.10. The largest absolute Gasteiger partial charge is 1.00 e. The van der Waals surface area contributed by atoms with E-state index in [0.29, 0.717) is 28.0 Å². The number of aromatic hydroxyl groups is 2. The Bertz CT molecular complexity index is 2300. The standard InChI is InChI=1S/C10H11F3O3S.C9H11F.C9H12O.C8H9FO.C2F6O5S2.2CH4.BBr3.Cs.FH/c1-6-4-8(3)9(5-7(6)2)16-17(14,15)10(11,12)13;2*1-6-4-8(3)9(10)5-7(6)2;1-5-4-8(10)6(2)3-7(5)9;3-1(4,5)14(9,10)13-15(11,12)2(6,7)8;;;2-1(3)4;;/h4-5H,1-3H3;4-5H,1-3H3;4-5,10H,1-3H3;3-4,10H,1-2H3;;2*1H4;;;1H/q;;;;;;;;+1;/p-1. The van der Waals surface area contributed by atoms with Gasteiger partial charge < -0.3 is 19.1 Å². The molecule has 398 valence electrons. The van der Waals surface area contributed by atoms with E-state index in [0.717, 1.165) is 33.4 Å². The number of hydrogen-bond donors (Lipinski definition) is 2. The molecular weight excluding hydrogens is 1350 g/mol. The first-order chi connectivity index (χ1) is 29.3. The Morgan fingerprint density at radius 3 is 0.957 bits per heavy atom. The van der Waals surface area contributed by atoms with Gasteiger partial charge >= 0.3 is 119 Å². The van der Waals surface area contributed by atoms with Crippen LogP contribution in [0, 0.1) is 87.8 Å². The second kappa shape index (κ2) is 33.0. The van der Waals surface area contributed by atoms with Gasteiger partial charge in [0.15, 0.2) is 0 Å². The van der Waals surface area contributed by atoms with E-state index < -0.39 is 46.9 Å². The molecule has 0 atom stereocenters. The number of phenols is 2. The molecule has 0 aliphatic carbocycles. The predicted molar refractivity (Wildman–Crippen MR) is 254 cm³/mol. The molecule has 0 aromatic heterocycles. The summed E-state index contributed by atoms with van der Waals surface area (Å²) in [5.74, 6) is -0.133. The van der Waals surface area contributed by atoms with Gasteiger partial charge in [0.05, 0.1) is 0 Å². The Labute approximate surface area is 486 Å². The maximum atomic E-state index is 12.8. The number of hydrogen-bond acceptors (Lipinski definition) is 10. The molecule has 30 heteroatoms. The van der Waals surface area contributed by atoms with Crippen LogP contribution in [0.15, 0.2) is 48.5 Å². The molecule has 0 heterocycles. The van der Waals surface area contributed by atoms with E-state index in [1.165, 1.54) is 30.7 Å².